The van der Waals surface area contributed by atoms with Gasteiger partial charge in [0.25, 0.3) is 5.69 Å². The van der Waals surface area contributed by atoms with Crippen LogP contribution in [0.5, 0.6) is 11.5 Å². The van der Waals surface area contributed by atoms with Crippen molar-refractivity contribution in [3.05, 3.63) is 62.6 Å². The lowest BCUT2D eigenvalue weighted by Gasteiger charge is -2.11. The molecule has 0 aliphatic rings. The zero-order chi connectivity index (χ0) is 21.0. The molecule has 10 heteroatoms. The first-order chi connectivity index (χ1) is 13.9. The van der Waals surface area contributed by atoms with Gasteiger partial charge in [0.15, 0.2) is 17.1 Å². The number of carbonyl (C=O) groups excluding carboxylic acids is 1. The Kier molecular flexibility index (Phi) is 5.82. The molecule has 0 saturated heterocycles. The van der Waals surface area contributed by atoms with Gasteiger partial charge in [0.2, 0.25) is 5.91 Å². The van der Waals surface area contributed by atoms with E-state index in [9.17, 15) is 19.7 Å². The Morgan fingerprint density at radius 1 is 1.24 bits per heavy atom. The number of nitrogens with zero attached hydrogens (tertiary/aromatic N) is 2. The number of aromatic nitrogens is 1. The highest BCUT2D eigenvalue weighted by molar-refractivity contribution is 5.80. The number of nitro benzene ring substituents is 1. The monoisotopic (exact) mass is 401 g/mol. The molecule has 1 heterocycles. The topological polar surface area (TPSA) is 126 Å². The van der Waals surface area contributed by atoms with Gasteiger partial charge >= 0.3 is 5.76 Å². The highest BCUT2D eigenvalue weighted by atomic mass is 16.6. The molecule has 0 aliphatic heterocycles. The van der Waals surface area contributed by atoms with Crippen LogP contribution >= 0.6 is 0 Å². The van der Waals surface area contributed by atoms with Crippen LogP contribution in [-0.2, 0) is 17.9 Å². The van der Waals surface area contributed by atoms with Crippen LogP contribution in [0.15, 0.2) is 45.6 Å². The summed E-state index contributed by atoms with van der Waals surface area (Å²) in [7, 11) is 1.53. The van der Waals surface area contributed by atoms with E-state index in [4.69, 9.17) is 13.9 Å². The van der Waals surface area contributed by atoms with E-state index in [1.165, 1.54) is 19.2 Å². The number of fused-ring (bicyclic) bond motifs is 1. The van der Waals surface area contributed by atoms with Gasteiger partial charge in [-0.15, -0.1) is 0 Å². The number of hydrogen-bond donors (Lipinski definition) is 1. The maximum atomic E-state index is 12.3. The molecular formula is C19H19N3O7. The molecule has 1 amide bonds. The van der Waals surface area contributed by atoms with E-state index >= 15 is 0 Å². The third-order valence-corrected chi connectivity index (χ3v) is 4.18. The number of non-ortho nitro benzene ring substituents is 1. The zero-order valence-corrected chi connectivity index (χ0v) is 15.8. The minimum Gasteiger partial charge on any atom is -0.493 e. The Balaban J connectivity index is 1.71. The number of nitro groups is 1. The molecule has 0 atom stereocenters. The van der Waals surface area contributed by atoms with Crippen molar-refractivity contribution >= 4 is 22.7 Å². The smallest absolute Gasteiger partial charge is 0.420 e. The number of methoxy groups -OCH3 is 1. The first kappa shape index (κ1) is 19.9. The molecule has 0 spiro atoms. The van der Waals surface area contributed by atoms with Crippen molar-refractivity contribution in [3.63, 3.8) is 0 Å². The molecular weight excluding hydrogens is 382 g/mol. The summed E-state index contributed by atoms with van der Waals surface area (Å²) >= 11 is 0. The summed E-state index contributed by atoms with van der Waals surface area (Å²) in [6.45, 7) is 2.31. The summed E-state index contributed by atoms with van der Waals surface area (Å²) in [6, 6.07) is 9.08. The van der Waals surface area contributed by atoms with Crippen molar-refractivity contribution in [3.8, 4) is 11.5 Å². The SMILES string of the molecule is CCOc1ccc(CNC(=O)Cn2c(=O)oc3cc([N+](=O)[O-])ccc32)cc1OC. The van der Waals surface area contributed by atoms with E-state index in [-0.39, 0.29) is 24.4 Å². The number of oxazole rings is 1. The van der Waals surface area contributed by atoms with Gasteiger partial charge < -0.3 is 19.2 Å². The fourth-order valence-electron chi connectivity index (χ4n) is 2.82. The third kappa shape index (κ3) is 4.37. The molecule has 1 N–H and O–H groups in total. The number of hydrogen-bond acceptors (Lipinski definition) is 7. The molecule has 152 valence electrons. The fraction of sp³-hybridized carbons (Fsp3) is 0.263. The van der Waals surface area contributed by atoms with E-state index in [1.807, 2.05) is 6.92 Å². The van der Waals surface area contributed by atoms with Crippen molar-refractivity contribution in [2.75, 3.05) is 13.7 Å². The van der Waals surface area contributed by atoms with E-state index in [0.29, 0.717) is 23.6 Å². The van der Waals surface area contributed by atoms with Crippen LogP contribution in [0.4, 0.5) is 5.69 Å². The second-order valence-electron chi connectivity index (χ2n) is 6.06. The summed E-state index contributed by atoms with van der Waals surface area (Å²) in [6.07, 6.45) is 0. The Morgan fingerprint density at radius 2 is 2.03 bits per heavy atom. The molecule has 2 aromatic carbocycles. The van der Waals surface area contributed by atoms with Gasteiger partial charge in [0.1, 0.15) is 6.54 Å². The van der Waals surface area contributed by atoms with Gasteiger partial charge in [0, 0.05) is 12.6 Å². The average molecular weight is 401 g/mol. The van der Waals surface area contributed by atoms with Crippen molar-refractivity contribution in [2.45, 2.75) is 20.0 Å². The van der Waals surface area contributed by atoms with E-state index in [1.54, 1.807) is 18.2 Å². The predicted molar refractivity (Wildman–Crippen MR) is 103 cm³/mol. The number of nitrogens with one attached hydrogen (secondary N) is 1. The Hall–Kier alpha value is -3.82. The quantitative estimate of drug-likeness (QED) is 0.453. The van der Waals surface area contributed by atoms with Crippen LogP contribution in [0.25, 0.3) is 11.1 Å². The van der Waals surface area contributed by atoms with Crippen molar-refractivity contribution in [1.29, 1.82) is 0 Å². The molecule has 0 saturated carbocycles. The van der Waals surface area contributed by atoms with Gasteiger partial charge in [-0.2, -0.15) is 0 Å². The molecule has 0 bridgehead atoms. The van der Waals surface area contributed by atoms with E-state index < -0.39 is 16.6 Å². The van der Waals surface area contributed by atoms with Crippen molar-refractivity contribution in [2.24, 2.45) is 0 Å². The van der Waals surface area contributed by atoms with E-state index in [2.05, 4.69) is 5.32 Å². The molecule has 3 aromatic rings. The number of ether oxygens (including phenoxy) is 2. The first-order valence-corrected chi connectivity index (χ1v) is 8.77. The van der Waals surface area contributed by atoms with Crippen LogP contribution < -0.4 is 20.5 Å². The van der Waals surface area contributed by atoms with Crippen LogP contribution in [0.2, 0.25) is 0 Å². The summed E-state index contributed by atoms with van der Waals surface area (Å²) < 4.78 is 16.9. The summed E-state index contributed by atoms with van der Waals surface area (Å²) in [5.74, 6) is -0.0211. The Morgan fingerprint density at radius 3 is 2.72 bits per heavy atom. The van der Waals surface area contributed by atoms with Crippen LogP contribution in [0, 0.1) is 10.1 Å². The summed E-state index contributed by atoms with van der Waals surface area (Å²) in [4.78, 5) is 34.6. The lowest BCUT2D eigenvalue weighted by molar-refractivity contribution is -0.384. The van der Waals surface area contributed by atoms with Crippen LogP contribution in [-0.4, -0.2) is 29.1 Å². The molecule has 29 heavy (non-hydrogen) atoms. The Bertz CT molecular complexity index is 1120. The number of carbonyl (C=O) groups is 1. The molecule has 3 rings (SSSR count). The highest BCUT2D eigenvalue weighted by Gasteiger charge is 2.16. The largest absolute Gasteiger partial charge is 0.493 e. The molecule has 10 nitrogen and oxygen atoms in total. The molecule has 0 fully saturated rings. The molecule has 0 unspecified atom stereocenters. The second kappa shape index (κ2) is 8.46. The average Bonchev–Trinajstić information content (AvgIpc) is 3.01. The lowest BCUT2D eigenvalue weighted by Crippen LogP contribution is -2.30. The van der Waals surface area contributed by atoms with Crippen molar-refractivity contribution in [1.82, 2.24) is 9.88 Å². The first-order valence-electron chi connectivity index (χ1n) is 8.77. The molecule has 0 aliphatic carbocycles. The second-order valence-corrected chi connectivity index (χ2v) is 6.06. The minimum atomic E-state index is -0.765. The van der Waals surface area contributed by atoms with Crippen LogP contribution in [0.3, 0.4) is 0 Å². The number of rotatable bonds is 8. The van der Waals surface area contributed by atoms with Gasteiger partial charge in [-0.1, -0.05) is 6.07 Å². The van der Waals surface area contributed by atoms with Gasteiger partial charge in [0.05, 0.1) is 30.2 Å². The molecule has 1 aromatic heterocycles. The summed E-state index contributed by atoms with van der Waals surface area (Å²) in [5, 5.41) is 13.6. The lowest BCUT2D eigenvalue weighted by atomic mass is 10.2. The predicted octanol–water partition coefficient (Wildman–Crippen LogP) is 2.23. The van der Waals surface area contributed by atoms with E-state index in [0.717, 1.165) is 16.2 Å². The standard InChI is InChI=1S/C19H19N3O7/c1-3-28-15-7-4-12(8-17(15)27-2)10-20-18(23)11-21-14-6-5-13(22(25)26)9-16(14)29-19(21)24/h4-9H,3,10-11H2,1-2H3,(H,20,23). The Labute approximate surface area is 164 Å². The number of benzene rings is 2. The van der Waals surface area contributed by atoms with Gasteiger partial charge in [-0.3, -0.25) is 19.5 Å². The maximum absolute atomic E-state index is 12.3. The highest BCUT2D eigenvalue weighted by Crippen LogP contribution is 2.28. The van der Waals surface area contributed by atoms with Gasteiger partial charge in [-0.25, -0.2) is 4.79 Å². The number of amides is 1. The summed E-state index contributed by atoms with van der Waals surface area (Å²) in [5.41, 5.74) is 0.942. The van der Waals surface area contributed by atoms with Crippen molar-refractivity contribution < 1.29 is 23.6 Å². The normalized spacial score (nSPS) is 10.7. The molecule has 0 radical (unpaired) electrons. The van der Waals surface area contributed by atoms with Crippen LogP contribution in [0.1, 0.15) is 12.5 Å². The zero-order valence-electron chi connectivity index (χ0n) is 15.8. The van der Waals surface area contributed by atoms with Gasteiger partial charge in [-0.05, 0) is 30.7 Å². The fourth-order valence-corrected chi connectivity index (χ4v) is 2.82. The maximum Gasteiger partial charge on any atom is 0.420 e. The third-order valence-electron chi connectivity index (χ3n) is 4.18. The minimum absolute atomic E-state index is 0.0493.